The van der Waals surface area contributed by atoms with Gasteiger partial charge in [0.25, 0.3) is 0 Å². The van der Waals surface area contributed by atoms with Crippen LogP contribution >= 0.6 is 0 Å². The number of ether oxygens (including phenoxy) is 1. The Labute approximate surface area is 106 Å². The largest absolute Gasteiger partial charge is 0.378 e. The van der Waals surface area contributed by atoms with Crippen LogP contribution in [0.4, 0.5) is 5.69 Å². The van der Waals surface area contributed by atoms with E-state index in [2.05, 4.69) is 16.0 Å². The molecule has 3 rings (SSSR count). The Bertz CT molecular complexity index is 550. The third-order valence-corrected chi connectivity index (χ3v) is 3.37. The van der Waals surface area contributed by atoms with Crippen molar-refractivity contribution in [2.45, 2.75) is 6.54 Å². The zero-order valence-electron chi connectivity index (χ0n) is 10.3. The van der Waals surface area contributed by atoms with Crippen molar-refractivity contribution in [3.05, 3.63) is 36.0 Å². The van der Waals surface area contributed by atoms with Crippen molar-refractivity contribution in [1.82, 2.24) is 4.98 Å². The minimum Gasteiger partial charge on any atom is -0.378 e. The summed E-state index contributed by atoms with van der Waals surface area (Å²) in [6.07, 6.45) is 1.90. The van der Waals surface area contributed by atoms with E-state index in [9.17, 15) is 0 Å². The summed E-state index contributed by atoms with van der Waals surface area (Å²) in [4.78, 5) is 6.83. The number of nitrogens with two attached hydrogens (primary N) is 1. The molecule has 2 aromatic rings. The first-order valence-electron chi connectivity index (χ1n) is 6.29. The number of hydrogen-bond acceptors (Lipinski definition) is 4. The topological polar surface area (TPSA) is 51.4 Å². The summed E-state index contributed by atoms with van der Waals surface area (Å²) in [6, 6.07) is 8.22. The number of benzene rings is 1. The fraction of sp³-hybridized carbons (Fsp3) is 0.357. The summed E-state index contributed by atoms with van der Waals surface area (Å²) in [5.74, 6) is 0. The number of pyridine rings is 1. The number of hydrogen-bond donors (Lipinski definition) is 1. The number of anilines is 1. The Morgan fingerprint density at radius 2 is 2.00 bits per heavy atom. The molecule has 0 saturated carbocycles. The van der Waals surface area contributed by atoms with Gasteiger partial charge in [0, 0.05) is 36.8 Å². The Balaban J connectivity index is 2.16. The molecule has 1 aromatic carbocycles. The standard InChI is InChI=1S/C14H17N3O/c15-9-11-10-16-13-4-2-1-3-12(13)14(11)17-5-7-18-8-6-17/h1-4,10H,5-9,15H2. The Morgan fingerprint density at radius 3 is 2.78 bits per heavy atom. The van der Waals surface area contributed by atoms with Crippen LogP contribution in [0.25, 0.3) is 10.9 Å². The molecule has 0 amide bonds. The Hall–Kier alpha value is -1.65. The highest BCUT2D eigenvalue weighted by Crippen LogP contribution is 2.29. The second-order valence-corrected chi connectivity index (χ2v) is 4.45. The molecule has 4 nitrogen and oxygen atoms in total. The molecule has 1 aliphatic heterocycles. The first kappa shape index (κ1) is 11.4. The van der Waals surface area contributed by atoms with Gasteiger partial charge in [0.1, 0.15) is 0 Å². The van der Waals surface area contributed by atoms with Crippen LogP contribution in [-0.2, 0) is 11.3 Å². The lowest BCUT2D eigenvalue weighted by molar-refractivity contribution is 0.123. The molecule has 0 unspecified atom stereocenters. The molecule has 0 atom stereocenters. The summed E-state index contributed by atoms with van der Waals surface area (Å²) in [5.41, 5.74) is 9.21. The molecule has 18 heavy (non-hydrogen) atoms. The van der Waals surface area contributed by atoms with E-state index in [0.717, 1.165) is 37.4 Å². The first-order valence-corrected chi connectivity index (χ1v) is 6.29. The van der Waals surface area contributed by atoms with E-state index >= 15 is 0 Å². The van der Waals surface area contributed by atoms with E-state index in [0.29, 0.717) is 6.54 Å². The first-order chi connectivity index (χ1) is 8.90. The van der Waals surface area contributed by atoms with Gasteiger partial charge in [0.2, 0.25) is 0 Å². The molecule has 0 aliphatic carbocycles. The van der Waals surface area contributed by atoms with Gasteiger partial charge < -0.3 is 15.4 Å². The van der Waals surface area contributed by atoms with E-state index in [1.165, 1.54) is 11.1 Å². The third-order valence-electron chi connectivity index (χ3n) is 3.37. The van der Waals surface area contributed by atoms with Crippen LogP contribution in [-0.4, -0.2) is 31.3 Å². The smallest absolute Gasteiger partial charge is 0.0723 e. The maximum Gasteiger partial charge on any atom is 0.0723 e. The Kier molecular flexibility index (Phi) is 3.13. The quantitative estimate of drug-likeness (QED) is 0.869. The molecule has 0 radical (unpaired) electrons. The zero-order chi connectivity index (χ0) is 12.4. The van der Waals surface area contributed by atoms with E-state index < -0.39 is 0 Å². The SMILES string of the molecule is NCc1cnc2ccccc2c1N1CCOCC1. The number of morpholine rings is 1. The molecule has 2 N–H and O–H groups in total. The monoisotopic (exact) mass is 243 g/mol. The average Bonchev–Trinajstić information content (AvgIpc) is 2.47. The van der Waals surface area contributed by atoms with Crippen LogP contribution in [0.2, 0.25) is 0 Å². The van der Waals surface area contributed by atoms with Crippen molar-refractivity contribution in [2.75, 3.05) is 31.2 Å². The highest BCUT2D eigenvalue weighted by Gasteiger charge is 2.17. The summed E-state index contributed by atoms with van der Waals surface area (Å²) >= 11 is 0. The van der Waals surface area contributed by atoms with E-state index in [-0.39, 0.29) is 0 Å². The highest BCUT2D eigenvalue weighted by molar-refractivity contribution is 5.93. The maximum atomic E-state index is 5.85. The second kappa shape index (κ2) is 4.92. The highest BCUT2D eigenvalue weighted by atomic mass is 16.5. The minimum atomic E-state index is 0.518. The lowest BCUT2D eigenvalue weighted by atomic mass is 10.1. The summed E-state index contributed by atoms with van der Waals surface area (Å²) in [5, 5.41) is 1.18. The van der Waals surface area contributed by atoms with Gasteiger partial charge in [-0.25, -0.2) is 0 Å². The lowest BCUT2D eigenvalue weighted by Crippen LogP contribution is -2.37. The fourth-order valence-corrected chi connectivity index (χ4v) is 2.48. The fourth-order valence-electron chi connectivity index (χ4n) is 2.48. The molecule has 1 aliphatic rings. The van der Waals surface area contributed by atoms with Gasteiger partial charge in [0.15, 0.2) is 0 Å². The minimum absolute atomic E-state index is 0.518. The molecular formula is C14H17N3O. The predicted molar refractivity (Wildman–Crippen MR) is 72.7 cm³/mol. The molecule has 1 saturated heterocycles. The van der Waals surface area contributed by atoms with Crippen LogP contribution < -0.4 is 10.6 Å². The number of fused-ring (bicyclic) bond motifs is 1. The predicted octanol–water partition coefficient (Wildman–Crippen LogP) is 1.53. The normalized spacial score (nSPS) is 16.2. The summed E-state index contributed by atoms with van der Waals surface area (Å²) in [7, 11) is 0. The zero-order valence-corrected chi connectivity index (χ0v) is 10.3. The number of rotatable bonds is 2. The molecule has 1 aromatic heterocycles. The van der Waals surface area contributed by atoms with Crippen molar-refractivity contribution < 1.29 is 4.74 Å². The molecule has 4 heteroatoms. The Morgan fingerprint density at radius 1 is 1.22 bits per heavy atom. The second-order valence-electron chi connectivity index (χ2n) is 4.45. The van der Waals surface area contributed by atoms with Gasteiger partial charge in [-0.15, -0.1) is 0 Å². The van der Waals surface area contributed by atoms with Crippen LogP contribution in [0.15, 0.2) is 30.5 Å². The summed E-state index contributed by atoms with van der Waals surface area (Å²) in [6.45, 7) is 3.91. The van der Waals surface area contributed by atoms with Crippen molar-refractivity contribution in [2.24, 2.45) is 5.73 Å². The van der Waals surface area contributed by atoms with E-state index in [1.54, 1.807) is 0 Å². The molecule has 2 heterocycles. The molecule has 0 bridgehead atoms. The maximum absolute atomic E-state index is 5.85. The van der Waals surface area contributed by atoms with Crippen molar-refractivity contribution in [3.8, 4) is 0 Å². The van der Waals surface area contributed by atoms with Crippen LogP contribution in [0, 0.1) is 0 Å². The number of para-hydroxylation sites is 1. The van der Waals surface area contributed by atoms with Gasteiger partial charge in [-0.05, 0) is 6.07 Å². The van der Waals surface area contributed by atoms with Crippen LogP contribution in [0.5, 0.6) is 0 Å². The lowest BCUT2D eigenvalue weighted by Gasteiger charge is -2.31. The van der Waals surface area contributed by atoms with Crippen molar-refractivity contribution in [3.63, 3.8) is 0 Å². The number of aromatic nitrogens is 1. The summed E-state index contributed by atoms with van der Waals surface area (Å²) < 4.78 is 5.42. The van der Waals surface area contributed by atoms with Gasteiger partial charge in [-0.1, -0.05) is 18.2 Å². The number of nitrogens with zero attached hydrogens (tertiary/aromatic N) is 2. The molecule has 1 fully saturated rings. The van der Waals surface area contributed by atoms with Crippen molar-refractivity contribution >= 4 is 16.6 Å². The van der Waals surface area contributed by atoms with Crippen LogP contribution in [0.1, 0.15) is 5.56 Å². The van der Waals surface area contributed by atoms with E-state index in [4.69, 9.17) is 10.5 Å². The van der Waals surface area contributed by atoms with Gasteiger partial charge in [-0.2, -0.15) is 0 Å². The third kappa shape index (κ3) is 1.94. The van der Waals surface area contributed by atoms with Gasteiger partial charge in [-0.3, -0.25) is 4.98 Å². The van der Waals surface area contributed by atoms with Gasteiger partial charge >= 0.3 is 0 Å². The molecule has 94 valence electrons. The van der Waals surface area contributed by atoms with Crippen molar-refractivity contribution in [1.29, 1.82) is 0 Å². The molecular weight excluding hydrogens is 226 g/mol. The average molecular weight is 243 g/mol. The van der Waals surface area contributed by atoms with Gasteiger partial charge in [0.05, 0.1) is 24.4 Å². The molecule has 0 spiro atoms. The van der Waals surface area contributed by atoms with Crippen LogP contribution in [0.3, 0.4) is 0 Å². The van der Waals surface area contributed by atoms with E-state index in [1.807, 2.05) is 24.4 Å².